The molecule has 2 aromatic rings. The molecule has 0 spiro atoms. The highest BCUT2D eigenvalue weighted by atomic mass is 19.1. The zero-order valence-electron chi connectivity index (χ0n) is 11.9. The maximum absolute atomic E-state index is 14.2. The predicted octanol–water partition coefficient (Wildman–Crippen LogP) is 3.29. The van der Waals surface area contributed by atoms with Gasteiger partial charge in [-0.05, 0) is 30.8 Å². The van der Waals surface area contributed by atoms with Gasteiger partial charge in [-0.25, -0.2) is 4.39 Å². The summed E-state index contributed by atoms with van der Waals surface area (Å²) in [7, 11) is 3.37. The Hall–Kier alpha value is -1.94. The molecule has 106 valence electrons. The second kappa shape index (κ2) is 6.48. The molecule has 1 aromatic carbocycles. The van der Waals surface area contributed by atoms with Crippen molar-refractivity contribution in [3.63, 3.8) is 0 Å². The molecule has 0 fully saturated rings. The van der Waals surface area contributed by atoms with Crippen LogP contribution in [0.3, 0.4) is 0 Å². The molecule has 2 rings (SSSR count). The Morgan fingerprint density at radius 2 is 1.90 bits per heavy atom. The Bertz CT molecular complexity index is 560. The molecule has 0 radical (unpaired) electrons. The Morgan fingerprint density at radius 3 is 2.45 bits per heavy atom. The van der Waals surface area contributed by atoms with Crippen LogP contribution in [0.1, 0.15) is 30.0 Å². The summed E-state index contributed by atoms with van der Waals surface area (Å²) < 4.78 is 19.3. The van der Waals surface area contributed by atoms with Gasteiger partial charge in [0.25, 0.3) is 0 Å². The minimum atomic E-state index is -0.260. The summed E-state index contributed by atoms with van der Waals surface area (Å²) >= 11 is 0. The number of hydrogen-bond acceptors (Lipinski definition) is 3. The van der Waals surface area contributed by atoms with Gasteiger partial charge < -0.3 is 10.1 Å². The van der Waals surface area contributed by atoms with Crippen molar-refractivity contribution in [1.82, 2.24) is 10.3 Å². The molecule has 0 aliphatic rings. The van der Waals surface area contributed by atoms with Crippen molar-refractivity contribution in [2.75, 3.05) is 14.2 Å². The molecular formula is C16H19FN2O. The van der Waals surface area contributed by atoms with Crippen LogP contribution in [0, 0.1) is 5.82 Å². The summed E-state index contributed by atoms with van der Waals surface area (Å²) in [6.45, 7) is 2.07. The van der Waals surface area contributed by atoms with Crippen molar-refractivity contribution in [3.8, 4) is 5.75 Å². The molecule has 3 nitrogen and oxygen atoms in total. The van der Waals surface area contributed by atoms with E-state index in [1.807, 2.05) is 19.2 Å². The highest BCUT2D eigenvalue weighted by Gasteiger charge is 2.22. The van der Waals surface area contributed by atoms with Gasteiger partial charge in [-0.3, -0.25) is 4.98 Å². The van der Waals surface area contributed by atoms with Crippen LogP contribution >= 0.6 is 0 Å². The van der Waals surface area contributed by atoms with Crippen molar-refractivity contribution < 1.29 is 9.13 Å². The van der Waals surface area contributed by atoms with Gasteiger partial charge >= 0.3 is 0 Å². The van der Waals surface area contributed by atoms with E-state index in [-0.39, 0.29) is 17.8 Å². The fraction of sp³-hybridized carbons (Fsp3) is 0.312. The third-order valence-corrected chi connectivity index (χ3v) is 3.59. The third-order valence-electron chi connectivity index (χ3n) is 3.59. The molecule has 0 amide bonds. The smallest absolute Gasteiger partial charge is 0.131 e. The average molecular weight is 274 g/mol. The second-order valence-corrected chi connectivity index (χ2v) is 4.72. The number of nitrogens with one attached hydrogen (secondary N) is 1. The van der Waals surface area contributed by atoms with Crippen LogP contribution in [-0.2, 0) is 0 Å². The van der Waals surface area contributed by atoms with E-state index < -0.39 is 0 Å². The number of methoxy groups -OCH3 is 1. The maximum Gasteiger partial charge on any atom is 0.131 e. The fourth-order valence-corrected chi connectivity index (χ4v) is 2.42. The molecule has 1 aromatic heterocycles. The molecule has 0 saturated heterocycles. The number of rotatable bonds is 5. The number of pyridine rings is 1. The molecule has 1 N–H and O–H groups in total. The van der Waals surface area contributed by atoms with E-state index in [9.17, 15) is 4.39 Å². The van der Waals surface area contributed by atoms with Crippen molar-refractivity contribution in [3.05, 3.63) is 59.7 Å². The first kappa shape index (κ1) is 14.5. The molecule has 4 heteroatoms. The van der Waals surface area contributed by atoms with Gasteiger partial charge in [-0.2, -0.15) is 0 Å². The lowest BCUT2D eigenvalue weighted by Crippen LogP contribution is -2.23. The summed E-state index contributed by atoms with van der Waals surface area (Å²) in [5, 5.41) is 3.19. The Balaban J connectivity index is 2.33. The van der Waals surface area contributed by atoms with Crippen LogP contribution in [0.5, 0.6) is 5.75 Å². The van der Waals surface area contributed by atoms with Crippen molar-refractivity contribution >= 4 is 0 Å². The van der Waals surface area contributed by atoms with E-state index in [1.54, 1.807) is 24.5 Å². The molecule has 0 saturated carbocycles. The summed E-state index contributed by atoms with van der Waals surface area (Å²) in [5.41, 5.74) is 1.76. The topological polar surface area (TPSA) is 34.1 Å². The highest BCUT2D eigenvalue weighted by Crippen LogP contribution is 2.32. The largest absolute Gasteiger partial charge is 0.497 e. The number of nitrogens with zero attached hydrogens (tertiary/aromatic N) is 1. The van der Waals surface area contributed by atoms with E-state index in [0.29, 0.717) is 11.3 Å². The van der Waals surface area contributed by atoms with Gasteiger partial charge in [0.05, 0.1) is 7.11 Å². The van der Waals surface area contributed by atoms with Gasteiger partial charge in [0, 0.05) is 36.0 Å². The van der Waals surface area contributed by atoms with Crippen LogP contribution in [0.2, 0.25) is 0 Å². The van der Waals surface area contributed by atoms with Crippen LogP contribution < -0.4 is 10.1 Å². The molecule has 0 aliphatic heterocycles. The van der Waals surface area contributed by atoms with Crippen LogP contribution in [0.25, 0.3) is 0 Å². The van der Waals surface area contributed by atoms with Crippen LogP contribution in [0.15, 0.2) is 42.7 Å². The van der Waals surface area contributed by atoms with E-state index in [4.69, 9.17) is 4.74 Å². The number of ether oxygens (including phenoxy) is 1. The van der Waals surface area contributed by atoms with Crippen LogP contribution in [0.4, 0.5) is 4.39 Å². The zero-order valence-corrected chi connectivity index (χ0v) is 11.9. The maximum atomic E-state index is 14.2. The van der Waals surface area contributed by atoms with E-state index in [0.717, 1.165) is 5.56 Å². The lowest BCUT2D eigenvalue weighted by molar-refractivity contribution is 0.408. The van der Waals surface area contributed by atoms with Crippen molar-refractivity contribution in [1.29, 1.82) is 0 Å². The van der Waals surface area contributed by atoms with Crippen molar-refractivity contribution in [2.45, 2.75) is 18.9 Å². The average Bonchev–Trinajstić information content (AvgIpc) is 2.50. The predicted molar refractivity (Wildman–Crippen MR) is 77.4 cm³/mol. The first-order valence-electron chi connectivity index (χ1n) is 6.58. The number of likely N-dealkylation sites (N-methyl/N-ethyl adjacent to an activating group) is 1. The number of hydrogen-bond donors (Lipinski definition) is 1. The molecule has 1 heterocycles. The van der Waals surface area contributed by atoms with E-state index in [2.05, 4.69) is 17.2 Å². The van der Waals surface area contributed by atoms with Crippen LogP contribution in [-0.4, -0.2) is 19.1 Å². The zero-order chi connectivity index (χ0) is 14.5. The quantitative estimate of drug-likeness (QED) is 0.908. The molecular weight excluding hydrogens is 255 g/mol. The SMILES string of the molecule is CNC(c1ccc(OC)cc1F)C(C)c1ccncc1. The molecule has 0 aliphatic carbocycles. The monoisotopic (exact) mass is 274 g/mol. The standard InChI is InChI=1S/C16H19FN2O/c1-11(12-6-8-19-9-7-12)16(18-2)14-5-4-13(20-3)10-15(14)17/h4-11,16,18H,1-3H3. The first-order chi connectivity index (χ1) is 9.67. The normalized spacial score (nSPS) is 13.8. The molecule has 2 atom stereocenters. The minimum absolute atomic E-state index is 0.108. The second-order valence-electron chi connectivity index (χ2n) is 4.72. The Morgan fingerprint density at radius 1 is 1.20 bits per heavy atom. The Labute approximate surface area is 118 Å². The first-order valence-corrected chi connectivity index (χ1v) is 6.58. The van der Waals surface area contributed by atoms with Gasteiger partial charge in [-0.1, -0.05) is 13.0 Å². The number of aromatic nitrogens is 1. The number of benzene rings is 1. The van der Waals surface area contributed by atoms with Crippen molar-refractivity contribution in [2.24, 2.45) is 0 Å². The van der Waals surface area contributed by atoms with Gasteiger partial charge in [0.1, 0.15) is 11.6 Å². The van der Waals surface area contributed by atoms with E-state index >= 15 is 0 Å². The van der Waals surface area contributed by atoms with Gasteiger partial charge in [-0.15, -0.1) is 0 Å². The lowest BCUT2D eigenvalue weighted by Gasteiger charge is -2.25. The summed E-state index contributed by atoms with van der Waals surface area (Å²) in [4.78, 5) is 4.01. The lowest BCUT2D eigenvalue weighted by atomic mass is 9.89. The summed E-state index contributed by atoms with van der Waals surface area (Å²) in [5.74, 6) is 0.396. The third kappa shape index (κ3) is 2.96. The Kier molecular flexibility index (Phi) is 4.69. The number of halogens is 1. The summed E-state index contributed by atoms with van der Waals surface area (Å²) in [6.07, 6.45) is 3.51. The molecule has 0 bridgehead atoms. The van der Waals surface area contributed by atoms with Gasteiger partial charge in [0.2, 0.25) is 0 Å². The highest BCUT2D eigenvalue weighted by molar-refractivity contribution is 5.33. The fourth-order valence-electron chi connectivity index (χ4n) is 2.42. The van der Waals surface area contributed by atoms with E-state index in [1.165, 1.54) is 13.2 Å². The molecule has 20 heavy (non-hydrogen) atoms. The minimum Gasteiger partial charge on any atom is -0.497 e. The van der Waals surface area contributed by atoms with Gasteiger partial charge in [0.15, 0.2) is 0 Å². The molecule has 2 unspecified atom stereocenters. The summed E-state index contributed by atoms with van der Waals surface area (Å²) in [6, 6.07) is 8.77.